The number of hydrogen-bond acceptors (Lipinski definition) is 0. The Morgan fingerprint density at radius 2 is 2.13 bits per heavy atom. The first-order chi connectivity index (χ1) is 7.20. The van der Waals surface area contributed by atoms with Crippen LogP contribution in [0.15, 0.2) is 30.5 Å². The molecule has 0 spiro atoms. The van der Waals surface area contributed by atoms with Gasteiger partial charge in [0, 0.05) is 29.2 Å². The predicted octanol–water partition coefficient (Wildman–Crippen LogP) is 4.17. The summed E-state index contributed by atoms with van der Waals surface area (Å²) in [7, 11) is 0. The zero-order chi connectivity index (χ0) is 10.8. The zero-order valence-corrected chi connectivity index (χ0v) is 10.1. The summed E-state index contributed by atoms with van der Waals surface area (Å²) in [5.41, 5.74) is 1.18. The molecule has 1 heterocycles. The smallest absolute Gasteiger partial charge is 0.0495 e. The van der Waals surface area contributed by atoms with E-state index in [-0.39, 0.29) is 0 Å². The van der Waals surface area contributed by atoms with E-state index in [0.717, 1.165) is 11.6 Å². The van der Waals surface area contributed by atoms with Gasteiger partial charge in [0.15, 0.2) is 0 Å². The number of alkyl halides is 1. The largest absolute Gasteiger partial charge is 0.347 e. The van der Waals surface area contributed by atoms with E-state index in [4.69, 9.17) is 23.2 Å². The molecule has 80 valence electrons. The van der Waals surface area contributed by atoms with Gasteiger partial charge in [-0.25, -0.2) is 0 Å². The molecule has 1 aromatic carbocycles. The molecule has 0 bridgehead atoms. The van der Waals surface area contributed by atoms with E-state index in [2.05, 4.69) is 23.8 Å². The summed E-state index contributed by atoms with van der Waals surface area (Å²) in [6.07, 6.45) is 2.09. The van der Waals surface area contributed by atoms with Crippen molar-refractivity contribution in [3.8, 4) is 0 Å². The molecule has 0 aliphatic rings. The van der Waals surface area contributed by atoms with Crippen LogP contribution in [0, 0.1) is 5.92 Å². The molecule has 0 saturated heterocycles. The average Bonchev–Trinajstić information content (AvgIpc) is 2.61. The van der Waals surface area contributed by atoms with Crippen LogP contribution in [0.5, 0.6) is 0 Å². The Labute approximate surface area is 99.6 Å². The van der Waals surface area contributed by atoms with Crippen molar-refractivity contribution in [2.45, 2.75) is 13.5 Å². The molecule has 0 saturated carbocycles. The molecule has 0 amide bonds. The van der Waals surface area contributed by atoms with Gasteiger partial charge in [-0.15, -0.1) is 11.6 Å². The first kappa shape index (κ1) is 10.8. The molecular formula is C12H13Cl2N. The van der Waals surface area contributed by atoms with Crippen molar-refractivity contribution in [1.82, 2.24) is 4.57 Å². The van der Waals surface area contributed by atoms with Crippen LogP contribution in [0.4, 0.5) is 0 Å². The van der Waals surface area contributed by atoms with Crippen molar-refractivity contribution in [1.29, 1.82) is 0 Å². The molecule has 1 aromatic heterocycles. The summed E-state index contributed by atoms with van der Waals surface area (Å²) < 4.78 is 2.20. The number of halogens is 2. The van der Waals surface area contributed by atoms with Crippen LogP contribution in [-0.4, -0.2) is 10.4 Å². The monoisotopic (exact) mass is 241 g/mol. The zero-order valence-electron chi connectivity index (χ0n) is 8.58. The van der Waals surface area contributed by atoms with Crippen LogP contribution in [0.25, 0.3) is 10.9 Å². The molecule has 15 heavy (non-hydrogen) atoms. The lowest BCUT2D eigenvalue weighted by molar-refractivity contribution is 0.540. The van der Waals surface area contributed by atoms with Gasteiger partial charge in [-0.2, -0.15) is 0 Å². The second-order valence-electron chi connectivity index (χ2n) is 3.93. The standard InChI is InChI=1S/C12H13Cl2N/c1-9(7-13)8-15-5-4-10-2-3-11(14)6-12(10)15/h2-6,9H,7-8H2,1H3. The quantitative estimate of drug-likeness (QED) is 0.712. The van der Waals surface area contributed by atoms with Crippen molar-refractivity contribution in [3.63, 3.8) is 0 Å². The maximum Gasteiger partial charge on any atom is 0.0495 e. The average molecular weight is 242 g/mol. The van der Waals surface area contributed by atoms with Crippen molar-refractivity contribution >= 4 is 34.1 Å². The highest BCUT2D eigenvalue weighted by atomic mass is 35.5. The van der Waals surface area contributed by atoms with Gasteiger partial charge in [-0.1, -0.05) is 24.6 Å². The highest BCUT2D eigenvalue weighted by molar-refractivity contribution is 6.31. The van der Waals surface area contributed by atoms with Gasteiger partial charge in [-0.3, -0.25) is 0 Å². The summed E-state index contributed by atoms with van der Waals surface area (Å²) in [4.78, 5) is 0. The molecule has 1 unspecified atom stereocenters. The molecule has 1 atom stereocenters. The van der Waals surface area contributed by atoms with E-state index in [0.29, 0.717) is 11.8 Å². The molecule has 1 nitrogen and oxygen atoms in total. The maximum absolute atomic E-state index is 5.98. The number of benzene rings is 1. The van der Waals surface area contributed by atoms with Gasteiger partial charge in [0.05, 0.1) is 0 Å². The summed E-state index contributed by atoms with van der Waals surface area (Å²) in [5.74, 6) is 1.15. The highest BCUT2D eigenvalue weighted by Crippen LogP contribution is 2.21. The third kappa shape index (κ3) is 2.30. The minimum Gasteiger partial charge on any atom is -0.347 e. The molecule has 0 N–H and O–H groups in total. The highest BCUT2D eigenvalue weighted by Gasteiger charge is 2.05. The summed E-state index contributed by atoms with van der Waals surface area (Å²) >= 11 is 11.8. The minimum absolute atomic E-state index is 0.473. The Morgan fingerprint density at radius 3 is 2.87 bits per heavy atom. The van der Waals surface area contributed by atoms with E-state index in [9.17, 15) is 0 Å². The van der Waals surface area contributed by atoms with E-state index in [1.165, 1.54) is 10.9 Å². The van der Waals surface area contributed by atoms with E-state index < -0.39 is 0 Å². The van der Waals surface area contributed by atoms with E-state index >= 15 is 0 Å². The maximum atomic E-state index is 5.98. The molecule has 3 heteroatoms. The van der Waals surface area contributed by atoms with Gasteiger partial charge in [0.1, 0.15) is 0 Å². The molecule has 2 aromatic rings. The Bertz CT molecular complexity index is 462. The Balaban J connectivity index is 2.39. The fourth-order valence-electron chi connectivity index (χ4n) is 1.70. The SMILES string of the molecule is CC(CCl)Cn1ccc2ccc(Cl)cc21. The van der Waals surface area contributed by atoms with Crippen molar-refractivity contribution in [3.05, 3.63) is 35.5 Å². The molecule has 2 rings (SSSR count). The Hall–Kier alpha value is -0.660. The van der Waals surface area contributed by atoms with Crippen molar-refractivity contribution in [2.24, 2.45) is 5.92 Å². The molecular weight excluding hydrogens is 229 g/mol. The van der Waals surface area contributed by atoms with Crippen LogP contribution in [-0.2, 0) is 6.54 Å². The number of hydrogen-bond donors (Lipinski definition) is 0. The van der Waals surface area contributed by atoms with Gasteiger partial charge in [0.25, 0.3) is 0 Å². The van der Waals surface area contributed by atoms with Gasteiger partial charge < -0.3 is 4.57 Å². The van der Waals surface area contributed by atoms with Gasteiger partial charge in [-0.05, 0) is 29.5 Å². The lowest BCUT2D eigenvalue weighted by Gasteiger charge is -2.10. The Morgan fingerprint density at radius 1 is 1.33 bits per heavy atom. The minimum atomic E-state index is 0.473. The predicted molar refractivity (Wildman–Crippen MR) is 66.8 cm³/mol. The number of fused-ring (bicyclic) bond motifs is 1. The van der Waals surface area contributed by atoms with Crippen LogP contribution in [0.2, 0.25) is 5.02 Å². The number of aromatic nitrogens is 1. The number of nitrogens with zero attached hydrogens (tertiary/aromatic N) is 1. The Kier molecular flexibility index (Phi) is 3.22. The summed E-state index contributed by atoms with van der Waals surface area (Å²) in [5, 5.41) is 2.00. The topological polar surface area (TPSA) is 4.93 Å². The summed E-state index contributed by atoms with van der Waals surface area (Å²) in [6, 6.07) is 8.06. The van der Waals surface area contributed by atoms with Gasteiger partial charge >= 0.3 is 0 Å². The lowest BCUT2D eigenvalue weighted by Crippen LogP contribution is -2.07. The van der Waals surface area contributed by atoms with Crippen molar-refractivity contribution < 1.29 is 0 Å². The van der Waals surface area contributed by atoms with Gasteiger partial charge in [0.2, 0.25) is 0 Å². The molecule has 0 aliphatic heterocycles. The lowest BCUT2D eigenvalue weighted by atomic mass is 10.2. The van der Waals surface area contributed by atoms with Crippen LogP contribution in [0.1, 0.15) is 6.92 Å². The third-order valence-electron chi connectivity index (χ3n) is 2.51. The normalized spacial score (nSPS) is 13.3. The van der Waals surface area contributed by atoms with Crippen LogP contribution >= 0.6 is 23.2 Å². The fourth-order valence-corrected chi connectivity index (χ4v) is 1.96. The first-order valence-electron chi connectivity index (χ1n) is 5.01. The van der Waals surface area contributed by atoms with Crippen LogP contribution in [0.3, 0.4) is 0 Å². The number of rotatable bonds is 3. The fraction of sp³-hybridized carbons (Fsp3) is 0.333. The molecule has 0 radical (unpaired) electrons. The second kappa shape index (κ2) is 4.46. The summed E-state index contributed by atoms with van der Waals surface area (Å²) in [6.45, 7) is 3.08. The molecule has 0 aliphatic carbocycles. The second-order valence-corrected chi connectivity index (χ2v) is 4.68. The van der Waals surface area contributed by atoms with E-state index in [1.807, 2.05) is 18.2 Å². The first-order valence-corrected chi connectivity index (χ1v) is 5.92. The van der Waals surface area contributed by atoms with Crippen LogP contribution < -0.4 is 0 Å². The molecule has 0 fully saturated rings. The van der Waals surface area contributed by atoms with Crippen molar-refractivity contribution in [2.75, 3.05) is 5.88 Å². The van der Waals surface area contributed by atoms with E-state index in [1.54, 1.807) is 0 Å². The third-order valence-corrected chi connectivity index (χ3v) is 3.27.